The van der Waals surface area contributed by atoms with Crippen LogP contribution in [0.25, 0.3) is 0 Å². The molecular formula is C4H9F2Si. The predicted octanol–water partition coefficient (Wildman–Crippen LogP) is 2.29. The van der Waals surface area contributed by atoms with Gasteiger partial charge in [-0.3, -0.25) is 0 Å². The molecule has 0 bridgehead atoms. The largest absolute Gasteiger partial charge is 0.285 e. The fraction of sp³-hybridized carbons (Fsp3) is 0.750. The first kappa shape index (κ1) is 7.08. The molecule has 0 aliphatic heterocycles. The van der Waals surface area contributed by atoms with Crippen LogP contribution in [0.2, 0.25) is 19.6 Å². The lowest BCUT2D eigenvalue weighted by Gasteiger charge is -2.09. The molecule has 0 fully saturated rings. The first-order chi connectivity index (χ1) is 2.94. The van der Waals surface area contributed by atoms with E-state index in [4.69, 9.17) is 0 Å². The molecule has 0 unspecified atom stereocenters. The van der Waals surface area contributed by atoms with E-state index in [9.17, 15) is 8.78 Å². The van der Waals surface area contributed by atoms with E-state index < -0.39 is 14.1 Å². The van der Waals surface area contributed by atoms with Gasteiger partial charge in [0.15, 0.2) is 0 Å². The van der Waals surface area contributed by atoms with Gasteiger partial charge in [-0.05, 0) is 0 Å². The summed E-state index contributed by atoms with van der Waals surface area (Å²) in [6, 6.07) is -1.37. The maximum absolute atomic E-state index is 11.5. The van der Waals surface area contributed by atoms with Crippen molar-refractivity contribution in [2.24, 2.45) is 0 Å². The van der Waals surface area contributed by atoms with Crippen molar-refractivity contribution in [3.8, 4) is 0 Å². The van der Waals surface area contributed by atoms with Crippen LogP contribution in [-0.4, -0.2) is 8.07 Å². The standard InChI is InChI=1S/C4H9F2Si/c1-7(2,3)4(5)6/h1-3H3. The topological polar surface area (TPSA) is 0 Å². The molecule has 1 radical (unpaired) electrons. The zero-order valence-corrected chi connectivity index (χ0v) is 5.76. The van der Waals surface area contributed by atoms with Gasteiger partial charge >= 0.3 is 0 Å². The van der Waals surface area contributed by atoms with Crippen LogP contribution < -0.4 is 0 Å². The van der Waals surface area contributed by atoms with Crippen molar-refractivity contribution >= 4 is 8.07 Å². The highest BCUT2D eigenvalue weighted by Gasteiger charge is 2.27. The van der Waals surface area contributed by atoms with Crippen molar-refractivity contribution < 1.29 is 8.78 Å². The molecule has 7 heavy (non-hydrogen) atoms. The van der Waals surface area contributed by atoms with Gasteiger partial charge in [0.2, 0.25) is 0 Å². The molecule has 0 saturated heterocycles. The van der Waals surface area contributed by atoms with Gasteiger partial charge in [-0.2, -0.15) is 0 Å². The van der Waals surface area contributed by atoms with Crippen molar-refractivity contribution in [3.63, 3.8) is 0 Å². The molecule has 0 amide bonds. The Morgan fingerprint density at radius 2 is 1.29 bits per heavy atom. The molecule has 0 aliphatic rings. The second-order valence-electron chi connectivity index (χ2n) is 2.51. The molecule has 0 aromatic rings. The molecule has 43 valence electrons. The van der Waals surface area contributed by atoms with Crippen LogP contribution in [0.4, 0.5) is 8.78 Å². The van der Waals surface area contributed by atoms with Crippen LogP contribution >= 0.6 is 0 Å². The average Bonchev–Trinajstić information content (AvgIpc) is 1.31. The van der Waals surface area contributed by atoms with Crippen LogP contribution in [0.1, 0.15) is 0 Å². The molecule has 0 saturated carbocycles. The van der Waals surface area contributed by atoms with E-state index in [0.717, 1.165) is 0 Å². The molecule has 0 nitrogen and oxygen atoms in total. The van der Waals surface area contributed by atoms with E-state index in [1.807, 2.05) is 0 Å². The summed E-state index contributed by atoms with van der Waals surface area (Å²) < 4.78 is 23.0. The summed E-state index contributed by atoms with van der Waals surface area (Å²) in [6.45, 7) is 4.84. The quantitative estimate of drug-likeness (QED) is 0.469. The van der Waals surface area contributed by atoms with Gasteiger partial charge in [0.1, 0.15) is 8.07 Å². The first-order valence-corrected chi connectivity index (χ1v) is 5.63. The highest BCUT2D eigenvalue weighted by molar-refractivity contribution is 6.80. The van der Waals surface area contributed by atoms with Gasteiger partial charge < -0.3 is 0 Å². The van der Waals surface area contributed by atoms with Crippen molar-refractivity contribution in [2.75, 3.05) is 0 Å². The predicted molar refractivity (Wildman–Crippen MR) is 28.8 cm³/mol. The molecular weight excluding hydrogens is 114 g/mol. The molecule has 0 aliphatic carbocycles. The van der Waals surface area contributed by atoms with Crippen LogP contribution in [-0.2, 0) is 0 Å². The Morgan fingerprint density at radius 3 is 1.29 bits per heavy atom. The lowest BCUT2D eigenvalue weighted by Crippen LogP contribution is -2.24. The number of rotatable bonds is 1. The van der Waals surface area contributed by atoms with Crippen molar-refractivity contribution in [2.45, 2.75) is 19.6 Å². The number of hydrogen-bond donors (Lipinski definition) is 0. The Hall–Kier alpha value is 0.0769. The molecule has 0 heterocycles. The fourth-order valence-electron chi connectivity index (χ4n) is 0. The Labute approximate surface area is 43.5 Å². The summed E-state index contributed by atoms with van der Waals surface area (Å²) in [7, 11) is -2.15. The number of hydrogen-bond acceptors (Lipinski definition) is 0. The second-order valence-corrected chi connectivity index (χ2v) is 7.39. The molecule has 0 rings (SSSR count). The monoisotopic (exact) mass is 123 g/mol. The van der Waals surface area contributed by atoms with E-state index in [0.29, 0.717) is 0 Å². The minimum absolute atomic E-state index is 1.37. The molecule has 0 N–H and O–H groups in total. The maximum atomic E-state index is 11.5. The average molecular weight is 123 g/mol. The summed E-state index contributed by atoms with van der Waals surface area (Å²) in [5.74, 6) is 0. The maximum Gasteiger partial charge on any atom is 0.285 e. The van der Waals surface area contributed by atoms with Gasteiger partial charge in [0.05, 0.1) is 0 Å². The Kier molecular flexibility index (Phi) is 1.92. The number of halogens is 2. The van der Waals surface area contributed by atoms with Crippen LogP contribution in [0.3, 0.4) is 0 Å². The summed E-state index contributed by atoms with van der Waals surface area (Å²) in [6.07, 6.45) is 0. The van der Waals surface area contributed by atoms with Crippen molar-refractivity contribution in [3.05, 3.63) is 6.05 Å². The van der Waals surface area contributed by atoms with Crippen LogP contribution in [0.15, 0.2) is 0 Å². The molecule has 0 aromatic carbocycles. The Balaban J connectivity index is 3.54. The third-order valence-corrected chi connectivity index (χ3v) is 1.70. The normalized spacial score (nSPS) is 12.9. The van der Waals surface area contributed by atoms with Gasteiger partial charge in [-0.1, -0.05) is 19.6 Å². The van der Waals surface area contributed by atoms with Gasteiger partial charge in [0, 0.05) is 0 Å². The minimum Gasteiger partial charge on any atom is -0.206 e. The Morgan fingerprint density at radius 1 is 1.14 bits per heavy atom. The zero-order valence-electron chi connectivity index (χ0n) is 4.76. The Bertz CT molecular complexity index is 55.2. The second kappa shape index (κ2) is 1.90. The lowest BCUT2D eigenvalue weighted by atomic mass is 11.6. The molecule has 0 aromatic heterocycles. The summed E-state index contributed by atoms with van der Waals surface area (Å²) in [5, 5.41) is 0. The van der Waals surface area contributed by atoms with E-state index >= 15 is 0 Å². The van der Waals surface area contributed by atoms with Gasteiger partial charge in [-0.15, -0.1) is 0 Å². The van der Waals surface area contributed by atoms with E-state index in [1.165, 1.54) is 0 Å². The van der Waals surface area contributed by atoms with E-state index in [-0.39, 0.29) is 0 Å². The smallest absolute Gasteiger partial charge is 0.206 e. The molecule has 3 heteroatoms. The van der Waals surface area contributed by atoms with Gasteiger partial charge in [-0.25, -0.2) is 8.78 Å². The lowest BCUT2D eigenvalue weighted by molar-refractivity contribution is 0.353. The third kappa shape index (κ3) is 2.74. The van der Waals surface area contributed by atoms with E-state index in [1.54, 1.807) is 19.6 Å². The first-order valence-electron chi connectivity index (χ1n) is 2.13. The molecule has 0 spiro atoms. The van der Waals surface area contributed by atoms with Crippen molar-refractivity contribution in [1.82, 2.24) is 0 Å². The zero-order chi connectivity index (χ0) is 6.08. The highest BCUT2D eigenvalue weighted by atomic mass is 28.3. The third-order valence-electron chi connectivity index (χ3n) is 0.567. The highest BCUT2D eigenvalue weighted by Crippen LogP contribution is 2.18. The molecule has 0 atom stereocenters. The summed E-state index contributed by atoms with van der Waals surface area (Å²) >= 11 is 0. The fourth-order valence-corrected chi connectivity index (χ4v) is 0. The summed E-state index contributed by atoms with van der Waals surface area (Å²) in [5.41, 5.74) is 0. The minimum atomic E-state index is -2.15. The van der Waals surface area contributed by atoms with Crippen LogP contribution in [0.5, 0.6) is 0 Å². The van der Waals surface area contributed by atoms with E-state index in [2.05, 4.69) is 0 Å². The van der Waals surface area contributed by atoms with Gasteiger partial charge in [0.25, 0.3) is 6.05 Å². The van der Waals surface area contributed by atoms with Crippen molar-refractivity contribution in [1.29, 1.82) is 0 Å². The summed E-state index contributed by atoms with van der Waals surface area (Å²) in [4.78, 5) is 0. The SMILES string of the molecule is C[Si](C)(C)[C](F)F. The van der Waals surface area contributed by atoms with Crippen LogP contribution in [0, 0.1) is 6.05 Å².